The highest BCUT2D eigenvalue weighted by Gasteiger charge is 2.39. The lowest BCUT2D eigenvalue weighted by Gasteiger charge is -2.34. The molecule has 3 N–H and O–H groups in total. The normalized spacial score (nSPS) is 13.1. The molecule has 0 spiro atoms. The molecule has 138 valence electrons. The molecule has 1 atom stereocenters. The van der Waals surface area contributed by atoms with Gasteiger partial charge in [-0.05, 0) is 54.3 Å². The molecule has 5 heteroatoms. The average molecular weight is 360 g/mol. The Morgan fingerprint density at radius 3 is 2.44 bits per heavy atom. The van der Waals surface area contributed by atoms with Crippen LogP contribution in [0.3, 0.4) is 0 Å². The first-order valence-electron chi connectivity index (χ1n) is 8.92. The van der Waals surface area contributed by atoms with Crippen molar-refractivity contribution < 1.29 is 4.79 Å². The molecule has 2 aromatic heterocycles. The Morgan fingerprint density at radius 2 is 1.81 bits per heavy atom. The number of primary amides is 1. The summed E-state index contributed by atoms with van der Waals surface area (Å²) in [7, 11) is 0. The maximum absolute atomic E-state index is 12.8. The molecule has 1 amide bonds. The lowest BCUT2D eigenvalue weighted by molar-refractivity contribution is -0.125. The Labute approximate surface area is 159 Å². The number of nitrogens with two attached hydrogens (primary N) is 1. The van der Waals surface area contributed by atoms with Gasteiger partial charge in [0.15, 0.2) is 0 Å². The van der Waals surface area contributed by atoms with Crippen molar-refractivity contribution in [1.29, 1.82) is 0 Å². The van der Waals surface area contributed by atoms with Crippen molar-refractivity contribution in [3.05, 3.63) is 95.1 Å². The maximum atomic E-state index is 12.8. The van der Waals surface area contributed by atoms with Gasteiger partial charge in [0, 0.05) is 37.8 Å². The molecule has 2 heterocycles. The van der Waals surface area contributed by atoms with Gasteiger partial charge in [-0.25, -0.2) is 0 Å². The van der Waals surface area contributed by atoms with Crippen molar-refractivity contribution in [2.75, 3.05) is 0 Å². The minimum atomic E-state index is -1.04. The molecule has 3 rings (SSSR count). The van der Waals surface area contributed by atoms with Gasteiger partial charge in [0.25, 0.3) is 0 Å². The van der Waals surface area contributed by atoms with Crippen molar-refractivity contribution in [3.8, 4) is 0 Å². The van der Waals surface area contributed by atoms with Gasteiger partial charge in [0.1, 0.15) is 5.54 Å². The van der Waals surface area contributed by atoms with E-state index in [1.807, 2.05) is 50.2 Å². The quantitative estimate of drug-likeness (QED) is 0.679. The predicted octanol–water partition coefficient (Wildman–Crippen LogP) is 2.81. The van der Waals surface area contributed by atoms with Gasteiger partial charge < -0.3 is 5.73 Å². The zero-order valence-corrected chi connectivity index (χ0v) is 15.6. The van der Waals surface area contributed by atoms with E-state index in [-0.39, 0.29) is 0 Å². The third-order valence-electron chi connectivity index (χ3n) is 4.80. The van der Waals surface area contributed by atoms with Crippen molar-refractivity contribution in [1.82, 2.24) is 15.3 Å². The topological polar surface area (TPSA) is 80.9 Å². The van der Waals surface area contributed by atoms with E-state index in [0.717, 1.165) is 27.8 Å². The lowest BCUT2D eigenvalue weighted by atomic mass is 9.80. The van der Waals surface area contributed by atoms with Crippen LogP contribution in [0.25, 0.3) is 0 Å². The Kier molecular flexibility index (Phi) is 5.62. The van der Waals surface area contributed by atoms with Crippen LogP contribution in [0.4, 0.5) is 0 Å². The van der Waals surface area contributed by atoms with Gasteiger partial charge in [-0.2, -0.15) is 0 Å². The molecule has 0 fully saturated rings. The fourth-order valence-electron chi connectivity index (χ4n) is 3.41. The first kappa shape index (κ1) is 18.7. The number of aryl methyl sites for hydroxylation is 2. The van der Waals surface area contributed by atoms with Crippen LogP contribution in [0.5, 0.6) is 0 Å². The van der Waals surface area contributed by atoms with Crippen LogP contribution in [0, 0.1) is 13.8 Å². The molecule has 1 unspecified atom stereocenters. The monoisotopic (exact) mass is 360 g/mol. The van der Waals surface area contributed by atoms with Crippen molar-refractivity contribution in [2.24, 2.45) is 5.73 Å². The van der Waals surface area contributed by atoms with Gasteiger partial charge in [0.05, 0.1) is 0 Å². The lowest BCUT2D eigenvalue weighted by Crippen LogP contribution is -2.54. The summed E-state index contributed by atoms with van der Waals surface area (Å²) < 4.78 is 0. The summed E-state index contributed by atoms with van der Waals surface area (Å²) in [5.41, 5.74) is 9.99. The number of carbonyl (C=O) groups is 1. The zero-order chi connectivity index (χ0) is 19.3. The zero-order valence-electron chi connectivity index (χ0n) is 15.6. The molecule has 0 aliphatic rings. The van der Waals surface area contributed by atoms with Crippen LogP contribution in [0.15, 0.2) is 67.3 Å². The first-order chi connectivity index (χ1) is 13.0. The van der Waals surface area contributed by atoms with Crippen LogP contribution in [-0.4, -0.2) is 15.9 Å². The van der Waals surface area contributed by atoms with E-state index in [0.29, 0.717) is 13.0 Å². The summed E-state index contributed by atoms with van der Waals surface area (Å²) in [6, 6.07) is 13.7. The second-order valence-electron chi connectivity index (χ2n) is 6.84. The van der Waals surface area contributed by atoms with Gasteiger partial charge in [-0.3, -0.25) is 20.1 Å². The van der Waals surface area contributed by atoms with Gasteiger partial charge in [-0.15, -0.1) is 0 Å². The molecule has 0 saturated heterocycles. The summed E-state index contributed by atoms with van der Waals surface area (Å²) in [5, 5.41) is 3.44. The minimum absolute atomic E-state index is 0.410. The molecule has 0 aliphatic carbocycles. The number of nitrogens with zero attached hydrogens (tertiary/aromatic N) is 2. The minimum Gasteiger partial charge on any atom is -0.368 e. The van der Waals surface area contributed by atoms with Crippen LogP contribution in [0.1, 0.15) is 27.8 Å². The fourth-order valence-corrected chi connectivity index (χ4v) is 3.41. The first-order valence-corrected chi connectivity index (χ1v) is 8.92. The Hall–Kier alpha value is -3.05. The summed E-state index contributed by atoms with van der Waals surface area (Å²) in [4.78, 5) is 21.0. The standard InChI is InChI=1S/C22H24N4O/c1-16-5-6-20(17(2)12-16)22(21(23)27,13-19-4-3-9-25-14-19)26-15-18-7-10-24-11-8-18/h3-12,14,26H,13,15H2,1-2H3,(H2,23,27). The molecule has 0 aliphatic heterocycles. The third kappa shape index (κ3) is 4.20. The Morgan fingerprint density at radius 1 is 1.04 bits per heavy atom. The predicted molar refractivity (Wildman–Crippen MR) is 106 cm³/mol. The third-order valence-corrected chi connectivity index (χ3v) is 4.80. The van der Waals surface area contributed by atoms with Crippen molar-refractivity contribution >= 4 is 5.91 Å². The van der Waals surface area contributed by atoms with Crippen LogP contribution in [0.2, 0.25) is 0 Å². The van der Waals surface area contributed by atoms with Gasteiger partial charge in [-0.1, -0.05) is 29.8 Å². The molecule has 27 heavy (non-hydrogen) atoms. The Bertz CT molecular complexity index is 912. The van der Waals surface area contributed by atoms with E-state index in [1.165, 1.54) is 0 Å². The second kappa shape index (κ2) is 8.10. The van der Waals surface area contributed by atoms with E-state index in [2.05, 4.69) is 21.4 Å². The fraction of sp³-hybridized carbons (Fsp3) is 0.227. The van der Waals surface area contributed by atoms with E-state index >= 15 is 0 Å². The van der Waals surface area contributed by atoms with E-state index in [1.54, 1.807) is 24.8 Å². The average Bonchev–Trinajstić information content (AvgIpc) is 2.67. The number of pyridine rings is 2. The second-order valence-corrected chi connectivity index (χ2v) is 6.84. The van der Waals surface area contributed by atoms with Gasteiger partial charge >= 0.3 is 0 Å². The number of benzene rings is 1. The highest BCUT2D eigenvalue weighted by molar-refractivity contribution is 5.87. The molecular weight excluding hydrogens is 336 g/mol. The highest BCUT2D eigenvalue weighted by Crippen LogP contribution is 2.30. The van der Waals surface area contributed by atoms with E-state index < -0.39 is 11.4 Å². The number of nitrogens with one attached hydrogen (secondary N) is 1. The van der Waals surface area contributed by atoms with Crippen molar-refractivity contribution in [2.45, 2.75) is 32.4 Å². The van der Waals surface area contributed by atoms with E-state index in [4.69, 9.17) is 5.73 Å². The molecule has 0 saturated carbocycles. The maximum Gasteiger partial charge on any atom is 0.242 e. The number of rotatable bonds is 7. The SMILES string of the molecule is Cc1ccc(C(Cc2cccnc2)(NCc2ccncc2)C(N)=O)c(C)c1. The summed E-state index contributed by atoms with van der Waals surface area (Å²) >= 11 is 0. The number of carbonyl (C=O) groups excluding carboxylic acids is 1. The van der Waals surface area contributed by atoms with Crippen molar-refractivity contribution in [3.63, 3.8) is 0 Å². The molecule has 1 aromatic carbocycles. The summed E-state index contributed by atoms with van der Waals surface area (Å²) in [5.74, 6) is -0.410. The summed E-state index contributed by atoms with van der Waals surface area (Å²) in [6.45, 7) is 4.55. The van der Waals surface area contributed by atoms with E-state index in [9.17, 15) is 4.79 Å². The molecule has 0 bridgehead atoms. The molecule has 3 aromatic rings. The number of aromatic nitrogens is 2. The van der Waals surface area contributed by atoms with Crippen LogP contribution < -0.4 is 11.1 Å². The molecule has 0 radical (unpaired) electrons. The van der Waals surface area contributed by atoms with Gasteiger partial charge in [0.2, 0.25) is 5.91 Å². The summed E-state index contributed by atoms with van der Waals surface area (Å²) in [6.07, 6.45) is 7.39. The van der Waals surface area contributed by atoms with Crippen LogP contribution in [-0.2, 0) is 23.3 Å². The molecular formula is C22H24N4O. The molecule has 5 nitrogen and oxygen atoms in total. The largest absolute Gasteiger partial charge is 0.368 e. The number of amides is 1. The highest BCUT2D eigenvalue weighted by atomic mass is 16.1. The number of hydrogen-bond donors (Lipinski definition) is 2. The smallest absolute Gasteiger partial charge is 0.242 e. The number of hydrogen-bond acceptors (Lipinski definition) is 4. The Balaban J connectivity index is 2.05. The van der Waals surface area contributed by atoms with Crippen LogP contribution >= 0.6 is 0 Å².